The van der Waals surface area contributed by atoms with Crippen LogP contribution in [0.1, 0.15) is 106 Å². The summed E-state index contributed by atoms with van der Waals surface area (Å²) < 4.78 is 0. The fraction of sp³-hybridized carbons (Fsp3) is 0.897. The van der Waals surface area contributed by atoms with E-state index in [-0.39, 0.29) is 11.2 Å². The molecule has 4 nitrogen and oxygen atoms in total. The predicted octanol–water partition coefficient (Wildman–Crippen LogP) is 5.43. The minimum absolute atomic E-state index is 0.0777. The number of hydrogen-bond donors (Lipinski definition) is 3. The Hall–Kier alpha value is -0.710. The molecule has 4 aliphatic carbocycles. The first-order valence-corrected chi connectivity index (χ1v) is 13.6. The van der Waals surface area contributed by atoms with Crippen LogP contribution in [0.4, 0.5) is 0 Å². The van der Waals surface area contributed by atoms with Gasteiger partial charge in [0, 0.05) is 6.42 Å². The number of ketones is 1. The molecule has 0 spiro atoms. The van der Waals surface area contributed by atoms with Crippen molar-refractivity contribution in [3.63, 3.8) is 0 Å². The normalized spacial score (nSPS) is 44.8. The van der Waals surface area contributed by atoms with E-state index in [1.165, 1.54) is 31.3 Å². The molecule has 188 valence electrons. The van der Waals surface area contributed by atoms with Gasteiger partial charge < -0.3 is 15.3 Å². The lowest BCUT2D eigenvalue weighted by Crippen LogP contribution is -2.53. The minimum atomic E-state index is -1.15. The zero-order chi connectivity index (χ0) is 24.4. The van der Waals surface area contributed by atoms with Gasteiger partial charge in [0.2, 0.25) is 0 Å². The van der Waals surface area contributed by atoms with E-state index in [0.29, 0.717) is 48.3 Å². The summed E-state index contributed by atoms with van der Waals surface area (Å²) in [5.41, 5.74) is -0.345. The Morgan fingerprint density at radius 1 is 1.12 bits per heavy atom. The fourth-order valence-electron chi connectivity index (χ4n) is 8.90. The van der Waals surface area contributed by atoms with Crippen LogP contribution in [0.2, 0.25) is 0 Å². The molecule has 0 aliphatic heterocycles. The summed E-state index contributed by atoms with van der Waals surface area (Å²) in [5, 5.41) is 31.4. The summed E-state index contributed by atoms with van der Waals surface area (Å²) in [6.07, 6.45) is 11.6. The van der Waals surface area contributed by atoms with E-state index in [1.54, 1.807) is 20.8 Å². The molecule has 9 atom stereocenters. The predicted molar refractivity (Wildman–Crippen MR) is 132 cm³/mol. The van der Waals surface area contributed by atoms with E-state index >= 15 is 0 Å². The van der Waals surface area contributed by atoms with Gasteiger partial charge in [-0.15, -0.1) is 0 Å². The SMILES string of the molecule is CC(=O)C1(O)CC[C@@]2(C)C(=CC[C@H]3[C@@H]4CC[C@H]([C@H](C)CC[C@H](O)C(C)(C)O)[C@@]4(C)CC[C@@H]32)C1. The average molecular weight is 461 g/mol. The van der Waals surface area contributed by atoms with E-state index in [1.807, 2.05) is 0 Å². The summed E-state index contributed by atoms with van der Waals surface area (Å²) in [6.45, 7) is 12.3. The van der Waals surface area contributed by atoms with Gasteiger partial charge in [-0.25, -0.2) is 0 Å². The molecule has 3 saturated carbocycles. The average Bonchev–Trinajstić information content (AvgIpc) is 3.08. The van der Waals surface area contributed by atoms with Gasteiger partial charge >= 0.3 is 0 Å². The molecular weight excluding hydrogens is 412 g/mol. The smallest absolute Gasteiger partial charge is 0.161 e. The molecule has 1 unspecified atom stereocenters. The molecule has 0 amide bonds. The second kappa shape index (κ2) is 8.45. The third-order valence-electron chi connectivity index (χ3n) is 11.3. The van der Waals surface area contributed by atoms with Crippen LogP contribution >= 0.6 is 0 Å². The van der Waals surface area contributed by atoms with Crippen LogP contribution in [0.15, 0.2) is 11.6 Å². The molecule has 0 aromatic heterocycles. The fourth-order valence-corrected chi connectivity index (χ4v) is 8.90. The molecule has 0 saturated heterocycles. The molecule has 0 radical (unpaired) electrons. The van der Waals surface area contributed by atoms with Crippen molar-refractivity contribution in [3.8, 4) is 0 Å². The van der Waals surface area contributed by atoms with Crippen molar-refractivity contribution in [3.05, 3.63) is 11.6 Å². The van der Waals surface area contributed by atoms with E-state index in [2.05, 4.69) is 26.8 Å². The van der Waals surface area contributed by atoms with E-state index < -0.39 is 17.3 Å². The van der Waals surface area contributed by atoms with Crippen molar-refractivity contribution in [2.75, 3.05) is 0 Å². The van der Waals surface area contributed by atoms with Crippen molar-refractivity contribution < 1.29 is 20.1 Å². The number of fused-ring (bicyclic) bond motifs is 5. The van der Waals surface area contributed by atoms with E-state index in [4.69, 9.17) is 0 Å². The summed E-state index contributed by atoms with van der Waals surface area (Å²) in [5.74, 6) is 3.28. The van der Waals surface area contributed by atoms with Gasteiger partial charge in [0.05, 0.1) is 11.7 Å². The molecule has 0 heterocycles. The van der Waals surface area contributed by atoms with Crippen LogP contribution in [-0.4, -0.2) is 38.4 Å². The third kappa shape index (κ3) is 4.16. The molecule has 3 fully saturated rings. The first kappa shape index (κ1) is 25.4. The lowest BCUT2D eigenvalue weighted by atomic mass is 9.46. The maximum Gasteiger partial charge on any atom is 0.161 e. The van der Waals surface area contributed by atoms with Crippen molar-refractivity contribution in [1.82, 2.24) is 0 Å². The molecule has 4 aliphatic rings. The Labute approximate surface area is 201 Å². The largest absolute Gasteiger partial charge is 0.390 e. The molecule has 3 N–H and O–H groups in total. The standard InChI is InChI=1S/C29H48O4/c1-18(7-12-25(31)26(3,4)32)22-10-11-23-21-9-8-20-17-29(33,19(2)30)16-15-27(20,5)24(21)13-14-28(22,23)6/h8,18,21-25,31-33H,7,9-17H2,1-6H3/t18-,21+,22-,23+,24+,25+,27+,28-,29?/m1/s1. The van der Waals surface area contributed by atoms with Gasteiger partial charge in [0.1, 0.15) is 5.60 Å². The third-order valence-corrected chi connectivity index (χ3v) is 11.3. The first-order chi connectivity index (χ1) is 15.2. The Morgan fingerprint density at radius 2 is 1.82 bits per heavy atom. The molecule has 4 heteroatoms. The monoisotopic (exact) mass is 460 g/mol. The van der Waals surface area contributed by atoms with Crippen LogP contribution in [0.3, 0.4) is 0 Å². The van der Waals surface area contributed by atoms with Crippen LogP contribution in [0, 0.1) is 40.4 Å². The van der Waals surface area contributed by atoms with Crippen molar-refractivity contribution in [1.29, 1.82) is 0 Å². The highest BCUT2D eigenvalue weighted by atomic mass is 16.3. The van der Waals surface area contributed by atoms with Gasteiger partial charge in [0.15, 0.2) is 5.78 Å². The molecule has 33 heavy (non-hydrogen) atoms. The first-order valence-electron chi connectivity index (χ1n) is 13.6. The van der Waals surface area contributed by atoms with Crippen LogP contribution in [0.25, 0.3) is 0 Å². The number of aliphatic hydroxyl groups excluding tert-OH is 1. The lowest BCUT2D eigenvalue weighted by molar-refractivity contribution is -0.140. The molecule has 0 aromatic carbocycles. The Kier molecular flexibility index (Phi) is 6.50. The second-order valence-corrected chi connectivity index (χ2v) is 13.5. The van der Waals surface area contributed by atoms with Gasteiger partial charge in [-0.1, -0.05) is 32.4 Å². The van der Waals surface area contributed by atoms with Crippen LogP contribution < -0.4 is 0 Å². The van der Waals surface area contributed by atoms with Gasteiger partial charge in [-0.05, 0) is 119 Å². The zero-order valence-corrected chi connectivity index (χ0v) is 21.9. The number of carbonyl (C=O) groups excluding carboxylic acids is 1. The number of carbonyl (C=O) groups is 1. The molecule has 0 aromatic rings. The minimum Gasteiger partial charge on any atom is -0.390 e. The van der Waals surface area contributed by atoms with Gasteiger partial charge in [0.25, 0.3) is 0 Å². The summed E-state index contributed by atoms with van der Waals surface area (Å²) in [7, 11) is 0. The van der Waals surface area contributed by atoms with Crippen LogP contribution in [0.5, 0.6) is 0 Å². The summed E-state index contributed by atoms with van der Waals surface area (Å²) in [6, 6.07) is 0. The maximum absolute atomic E-state index is 12.1. The number of hydrogen-bond acceptors (Lipinski definition) is 4. The Bertz CT molecular complexity index is 796. The molecular formula is C29H48O4. The van der Waals surface area contributed by atoms with Gasteiger partial charge in [-0.3, -0.25) is 4.79 Å². The number of allylic oxidation sites excluding steroid dienone is 1. The lowest BCUT2D eigenvalue weighted by Gasteiger charge is -2.59. The molecule has 0 bridgehead atoms. The van der Waals surface area contributed by atoms with Crippen molar-refractivity contribution in [2.24, 2.45) is 40.4 Å². The van der Waals surface area contributed by atoms with E-state index in [9.17, 15) is 20.1 Å². The van der Waals surface area contributed by atoms with Gasteiger partial charge in [-0.2, -0.15) is 0 Å². The molecule has 4 rings (SSSR count). The highest BCUT2D eigenvalue weighted by Crippen LogP contribution is 2.67. The summed E-state index contributed by atoms with van der Waals surface area (Å²) in [4.78, 5) is 12.1. The number of aliphatic hydroxyl groups is 3. The quantitative estimate of drug-likeness (QED) is 0.462. The highest BCUT2D eigenvalue weighted by Gasteiger charge is 2.60. The van der Waals surface area contributed by atoms with Crippen LogP contribution in [-0.2, 0) is 4.79 Å². The summed E-state index contributed by atoms with van der Waals surface area (Å²) >= 11 is 0. The maximum atomic E-state index is 12.1. The Balaban J connectivity index is 1.49. The Morgan fingerprint density at radius 3 is 2.45 bits per heavy atom. The van der Waals surface area contributed by atoms with E-state index in [0.717, 1.165) is 25.2 Å². The topological polar surface area (TPSA) is 77.8 Å². The van der Waals surface area contributed by atoms with Crippen molar-refractivity contribution >= 4 is 5.78 Å². The number of rotatable bonds is 6. The highest BCUT2D eigenvalue weighted by molar-refractivity contribution is 5.85. The number of Topliss-reactive ketones (excluding diaryl/α,β-unsaturated/α-hetero) is 1. The zero-order valence-electron chi connectivity index (χ0n) is 21.9. The van der Waals surface area contributed by atoms with Crippen molar-refractivity contribution in [2.45, 2.75) is 123 Å². The second-order valence-electron chi connectivity index (χ2n) is 13.5.